The molecule has 0 aliphatic carbocycles. The summed E-state index contributed by atoms with van der Waals surface area (Å²) < 4.78 is 6.82. The minimum absolute atomic E-state index is 0.207. The molecule has 1 amide bonds. The number of aromatic nitrogens is 3. The minimum Gasteiger partial charge on any atom is -0.367 e. The standard InChI is InChI=1S/C13H16N4O2/c1-17-9-15-11(16-17)8-14-13(18)12(19-2)10-6-4-3-5-7-10/h3-7,9,12H,8H2,1-2H3,(H,14,18)/t12-/m1/s1. The first-order valence-corrected chi connectivity index (χ1v) is 5.90. The van der Waals surface area contributed by atoms with Crippen LogP contribution in [0.15, 0.2) is 36.7 Å². The monoisotopic (exact) mass is 260 g/mol. The number of nitrogens with one attached hydrogen (secondary N) is 1. The lowest BCUT2D eigenvalue weighted by Gasteiger charge is -2.14. The highest BCUT2D eigenvalue weighted by Gasteiger charge is 2.19. The van der Waals surface area contributed by atoms with Crippen LogP contribution >= 0.6 is 0 Å². The number of rotatable bonds is 5. The molecule has 1 atom stereocenters. The van der Waals surface area contributed by atoms with E-state index in [9.17, 15) is 4.79 Å². The third-order valence-electron chi connectivity index (χ3n) is 2.64. The number of nitrogens with zero attached hydrogens (tertiary/aromatic N) is 3. The predicted octanol–water partition coefficient (Wildman–Crippen LogP) is 0.819. The Morgan fingerprint density at radius 3 is 2.74 bits per heavy atom. The van der Waals surface area contributed by atoms with Crippen LogP contribution in [0.3, 0.4) is 0 Å². The number of carbonyl (C=O) groups excluding carboxylic acids is 1. The molecule has 0 saturated carbocycles. The lowest BCUT2D eigenvalue weighted by molar-refractivity contribution is -0.131. The molecule has 1 heterocycles. The summed E-state index contributed by atoms with van der Waals surface area (Å²) in [6.45, 7) is 0.284. The first kappa shape index (κ1) is 13.2. The molecule has 0 spiro atoms. The van der Waals surface area contributed by atoms with Crippen LogP contribution in [0.2, 0.25) is 0 Å². The second-order valence-corrected chi connectivity index (χ2v) is 4.08. The highest BCUT2D eigenvalue weighted by Crippen LogP contribution is 2.16. The summed E-state index contributed by atoms with van der Waals surface area (Å²) in [4.78, 5) is 16.1. The van der Waals surface area contributed by atoms with Crippen molar-refractivity contribution in [1.82, 2.24) is 20.1 Å². The van der Waals surface area contributed by atoms with Gasteiger partial charge in [-0.25, -0.2) is 4.98 Å². The van der Waals surface area contributed by atoms with Gasteiger partial charge < -0.3 is 10.1 Å². The summed E-state index contributed by atoms with van der Waals surface area (Å²) in [5.74, 6) is 0.361. The maximum atomic E-state index is 12.1. The average Bonchev–Trinajstić information content (AvgIpc) is 2.84. The van der Waals surface area contributed by atoms with Gasteiger partial charge in [-0.2, -0.15) is 5.10 Å². The van der Waals surface area contributed by atoms with Gasteiger partial charge in [0.2, 0.25) is 0 Å². The van der Waals surface area contributed by atoms with Crippen molar-refractivity contribution in [1.29, 1.82) is 0 Å². The van der Waals surface area contributed by atoms with E-state index in [-0.39, 0.29) is 12.5 Å². The molecule has 2 rings (SSSR count). The van der Waals surface area contributed by atoms with Crippen LogP contribution in [-0.2, 0) is 23.1 Å². The number of amides is 1. The van der Waals surface area contributed by atoms with Crippen molar-refractivity contribution in [3.05, 3.63) is 48.0 Å². The molecule has 0 aliphatic rings. The predicted molar refractivity (Wildman–Crippen MR) is 69.0 cm³/mol. The molecule has 100 valence electrons. The molecule has 1 aromatic heterocycles. The largest absolute Gasteiger partial charge is 0.367 e. The minimum atomic E-state index is -0.620. The summed E-state index contributed by atoms with van der Waals surface area (Å²) in [7, 11) is 3.29. The van der Waals surface area contributed by atoms with Crippen LogP contribution in [0.1, 0.15) is 17.5 Å². The van der Waals surface area contributed by atoms with Gasteiger partial charge in [-0.3, -0.25) is 9.48 Å². The van der Waals surface area contributed by atoms with Crippen molar-refractivity contribution in [3.8, 4) is 0 Å². The molecule has 1 N–H and O–H groups in total. The van der Waals surface area contributed by atoms with Crippen molar-refractivity contribution in [2.24, 2.45) is 7.05 Å². The van der Waals surface area contributed by atoms with E-state index in [0.717, 1.165) is 5.56 Å². The molecule has 0 radical (unpaired) electrons. The Morgan fingerprint density at radius 1 is 1.42 bits per heavy atom. The van der Waals surface area contributed by atoms with Gasteiger partial charge in [-0.05, 0) is 5.56 Å². The topological polar surface area (TPSA) is 69.0 Å². The molecule has 6 nitrogen and oxygen atoms in total. The van der Waals surface area contributed by atoms with Crippen LogP contribution < -0.4 is 5.32 Å². The molecule has 19 heavy (non-hydrogen) atoms. The fourth-order valence-electron chi connectivity index (χ4n) is 1.75. The summed E-state index contributed by atoms with van der Waals surface area (Å²) >= 11 is 0. The fraction of sp³-hybridized carbons (Fsp3) is 0.308. The van der Waals surface area contributed by atoms with Crippen molar-refractivity contribution < 1.29 is 9.53 Å². The van der Waals surface area contributed by atoms with E-state index in [4.69, 9.17) is 4.74 Å². The molecule has 0 saturated heterocycles. The maximum absolute atomic E-state index is 12.1. The molecule has 1 aromatic carbocycles. The van der Waals surface area contributed by atoms with Crippen LogP contribution in [-0.4, -0.2) is 27.8 Å². The number of carbonyl (C=O) groups is 1. The zero-order valence-corrected chi connectivity index (χ0v) is 10.9. The van der Waals surface area contributed by atoms with Crippen molar-refractivity contribution >= 4 is 5.91 Å². The Balaban J connectivity index is 1.98. The Hall–Kier alpha value is -2.21. The maximum Gasteiger partial charge on any atom is 0.254 e. The van der Waals surface area contributed by atoms with E-state index < -0.39 is 6.10 Å². The van der Waals surface area contributed by atoms with E-state index in [1.54, 1.807) is 18.1 Å². The van der Waals surface area contributed by atoms with E-state index >= 15 is 0 Å². The Labute approximate surface area is 111 Å². The zero-order valence-electron chi connectivity index (χ0n) is 10.9. The lowest BCUT2D eigenvalue weighted by Crippen LogP contribution is -2.30. The number of methoxy groups -OCH3 is 1. The van der Waals surface area contributed by atoms with Gasteiger partial charge in [-0.15, -0.1) is 0 Å². The third-order valence-corrected chi connectivity index (χ3v) is 2.64. The van der Waals surface area contributed by atoms with Crippen LogP contribution in [0.4, 0.5) is 0 Å². The molecule has 0 unspecified atom stereocenters. The van der Waals surface area contributed by atoms with Gasteiger partial charge >= 0.3 is 0 Å². The van der Waals surface area contributed by atoms with E-state index in [1.165, 1.54) is 7.11 Å². The summed E-state index contributed by atoms with van der Waals surface area (Å²) in [5.41, 5.74) is 0.816. The Morgan fingerprint density at radius 2 is 2.16 bits per heavy atom. The summed E-state index contributed by atoms with van der Waals surface area (Å²) in [6, 6.07) is 9.34. The molecule has 0 bridgehead atoms. The quantitative estimate of drug-likeness (QED) is 0.864. The smallest absolute Gasteiger partial charge is 0.254 e. The number of benzene rings is 1. The molecule has 0 fully saturated rings. The van der Waals surface area contributed by atoms with Gasteiger partial charge in [-0.1, -0.05) is 30.3 Å². The highest BCUT2D eigenvalue weighted by molar-refractivity contribution is 5.82. The molecular formula is C13H16N4O2. The molecule has 2 aromatic rings. The van der Waals surface area contributed by atoms with Gasteiger partial charge in [0, 0.05) is 14.2 Å². The fourth-order valence-corrected chi connectivity index (χ4v) is 1.75. The normalized spacial score (nSPS) is 12.1. The van der Waals surface area contributed by atoms with E-state index in [1.807, 2.05) is 30.3 Å². The number of aryl methyl sites for hydroxylation is 1. The third kappa shape index (κ3) is 3.38. The average molecular weight is 260 g/mol. The summed E-state index contributed by atoms with van der Waals surface area (Å²) in [6.07, 6.45) is 0.969. The second-order valence-electron chi connectivity index (χ2n) is 4.08. The first-order chi connectivity index (χ1) is 9.20. The van der Waals surface area contributed by atoms with Crippen molar-refractivity contribution in [2.45, 2.75) is 12.6 Å². The zero-order chi connectivity index (χ0) is 13.7. The van der Waals surface area contributed by atoms with Crippen LogP contribution in [0.5, 0.6) is 0 Å². The number of ether oxygens (including phenoxy) is 1. The SMILES string of the molecule is CO[C@@H](C(=O)NCc1ncn(C)n1)c1ccccc1. The van der Waals surface area contributed by atoms with Crippen LogP contribution in [0.25, 0.3) is 0 Å². The number of hydrogen-bond acceptors (Lipinski definition) is 4. The van der Waals surface area contributed by atoms with Gasteiger partial charge in [0.15, 0.2) is 11.9 Å². The Kier molecular flexibility index (Phi) is 4.25. The van der Waals surface area contributed by atoms with Gasteiger partial charge in [0.1, 0.15) is 6.33 Å². The van der Waals surface area contributed by atoms with Crippen molar-refractivity contribution in [2.75, 3.05) is 7.11 Å². The molecule has 6 heteroatoms. The summed E-state index contributed by atoms with van der Waals surface area (Å²) in [5, 5.41) is 6.85. The van der Waals surface area contributed by atoms with Crippen molar-refractivity contribution in [3.63, 3.8) is 0 Å². The van der Waals surface area contributed by atoms with Gasteiger partial charge in [0.25, 0.3) is 5.91 Å². The van der Waals surface area contributed by atoms with Crippen LogP contribution in [0, 0.1) is 0 Å². The Bertz CT molecular complexity index is 539. The molecular weight excluding hydrogens is 244 g/mol. The second kappa shape index (κ2) is 6.10. The number of hydrogen-bond donors (Lipinski definition) is 1. The highest BCUT2D eigenvalue weighted by atomic mass is 16.5. The molecule has 0 aliphatic heterocycles. The van der Waals surface area contributed by atoms with E-state index in [2.05, 4.69) is 15.4 Å². The lowest BCUT2D eigenvalue weighted by atomic mass is 10.1. The van der Waals surface area contributed by atoms with E-state index in [0.29, 0.717) is 5.82 Å². The van der Waals surface area contributed by atoms with Gasteiger partial charge in [0.05, 0.1) is 6.54 Å². The first-order valence-electron chi connectivity index (χ1n) is 5.90.